The summed E-state index contributed by atoms with van der Waals surface area (Å²) in [5.74, 6) is 0. The van der Waals surface area contributed by atoms with Gasteiger partial charge in [-0.05, 0) is 57.0 Å². The van der Waals surface area contributed by atoms with Gasteiger partial charge in [0.15, 0.2) is 5.13 Å². The highest BCUT2D eigenvalue weighted by molar-refractivity contribution is 7.22. The molecule has 1 aromatic heterocycles. The summed E-state index contributed by atoms with van der Waals surface area (Å²) >= 11 is 7.83. The molecule has 2 aliphatic rings. The van der Waals surface area contributed by atoms with Crippen molar-refractivity contribution in [2.24, 2.45) is 0 Å². The molecule has 0 spiro atoms. The van der Waals surface area contributed by atoms with Crippen molar-refractivity contribution in [3.05, 3.63) is 23.2 Å². The van der Waals surface area contributed by atoms with Crippen LogP contribution in [0.3, 0.4) is 0 Å². The zero-order valence-electron chi connectivity index (χ0n) is 12.1. The highest BCUT2D eigenvalue weighted by Crippen LogP contribution is 2.32. The van der Waals surface area contributed by atoms with Crippen molar-refractivity contribution in [1.82, 2.24) is 9.88 Å². The van der Waals surface area contributed by atoms with E-state index in [9.17, 15) is 0 Å². The molecule has 3 nitrogen and oxygen atoms in total. The lowest BCUT2D eigenvalue weighted by Crippen LogP contribution is -2.43. The molecule has 21 heavy (non-hydrogen) atoms. The van der Waals surface area contributed by atoms with Crippen LogP contribution in [0.5, 0.6) is 0 Å². The number of thiazole rings is 1. The second-order valence-electron chi connectivity index (χ2n) is 6.07. The second-order valence-corrected chi connectivity index (χ2v) is 7.52. The van der Waals surface area contributed by atoms with Crippen molar-refractivity contribution in [1.29, 1.82) is 0 Å². The molecular formula is C16H20ClN3S. The first-order chi connectivity index (χ1) is 10.3. The van der Waals surface area contributed by atoms with E-state index >= 15 is 0 Å². The van der Waals surface area contributed by atoms with E-state index in [0.717, 1.165) is 34.8 Å². The normalized spacial score (nSPS) is 21.5. The van der Waals surface area contributed by atoms with Gasteiger partial charge < -0.3 is 9.80 Å². The van der Waals surface area contributed by atoms with Gasteiger partial charge in [0.05, 0.1) is 10.2 Å². The van der Waals surface area contributed by atoms with E-state index < -0.39 is 0 Å². The molecular weight excluding hydrogens is 302 g/mol. The van der Waals surface area contributed by atoms with Crippen LogP contribution in [0, 0.1) is 0 Å². The SMILES string of the molecule is Clc1ccc2nc(N3CCC(N4CCCC4)CC3)sc2c1. The summed E-state index contributed by atoms with van der Waals surface area (Å²) in [5, 5.41) is 1.96. The van der Waals surface area contributed by atoms with Crippen LogP contribution in [0.25, 0.3) is 10.2 Å². The maximum absolute atomic E-state index is 6.07. The molecule has 2 aliphatic heterocycles. The summed E-state index contributed by atoms with van der Waals surface area (Å²) in [5.41, 5.74) is 1.07. The topological polar surface area (TPSA) is 19.4 Å². The standard InChI is InChI=1S/C16H20ClN3S/c17-12-3-4-14-15(11-12)21-16(18-14)20-9-5-13(6-10-20)19-7-1-2-8-19/h3-4,11,13H,1-2,5-10H2. The van der Waals surface area contributed by atoms with Crippen molar-refractivity contribution in [2.75, 3.05) is 31.1 Å². The molecule has 3 heterocycles. The third-order valence-electron chi connectivity index (χ3n) is 4.73. The van der Waals surface area contributed by atoms with Crippen LogP contribution in [0.4, 0.5) is 5.13 Å². The zero-order chi connectivity index (χ0) is 14.2. The van der Waals surface area contributed by atoms with Gasteiger partial charge in [0.1, 0.15) is 0 Å². The van der Waals surface area contributed by atoms with Gasteiger partial charge >= 0.3 is 0 Å². The maximum atomic E-state index is 6.07. The first-order valence-corrected chi connectivity index (χ1v) is 9.04. The number of nitrogens with zero attached hydrogens (tertiary/aromatic N) is 3. The molecule has 4 rings (SSSR count). The van der Waals surface area contributed by atoms with E-state index in [0.29, 0.717) is 0 Å². The van der Waals surface area contributed by atoms with E-state index in [4.69, 9.17) is 16.6 Å². The number of likely N-dealkylation sites (tertiary alicyclic amines) is 1. The minimum absolute atomic E-state index is 0.797. The van der Waals surface area contributed by atoms with Gasteiger partial charge in [-0.3, -0.25) is 0 Å². The molecule has 5 heteroatoms. The van der Waals surface area contributed by atoms with Gasteiger partial charge in [-0.2, -0.15) is 0 Å². The first-order valence-electron chi connectivity index (χ1n) is 7.85. The molecule has 0 aliphatic carbocycles. The summed E-state index contributed by atoms with van der Waals surface area (Å²) in [6.07, 6.45) is 5.32. The van der Waals surface area contributed by atoms with Crippen LogP contribution < -0.4 is 4.90 Å². The maximum Gasteiger partial charge on any atom is 0.186 e. The number of hydrogen-bond acceptors (Lipinski definition) is 4. The molecule has 0 N–H and O–H groups in total. The highest BCUT2D eigenvalue weighted by atomic mass is 35.5. The van der Waals surface area contributed by atoms with Crippen LogP contribution in [0.1, 0.15) is 25.7 Å². The van der Waals surface area contributed by atoms with E-state index in [-0.39, 0.29) is 0 Å². The van der Waals surface area contributed by atoms with Crippen molar-refractivity contribution in [3.63, 3.8) is 0 Å². The number of anilines is 1. The summed E-state index contributed by atoms with van der Waals surface area (Å²) in [7, 11) is 0. The Morgan fingerprint density at radius 3 is 2.62 bits per heavy atom. The Labute approximate surface area is 134 Å². The lowest BCUT2D eigenvalue weighted by atomic mass is 10.0. The number of hydrogen-bond donors (Lipinski definition) is 0. The van der Waals surface area contributed by atoms with Crippen molar-refractivity contribution in [2.45, 2.75) is 31.7 Å². The van der Waals surface area contributed by atoms with Crippen molar-refractivity contribution >= 4 is 38.3 Å². The molecule has 0 amide bonds. The molecule has 2 saturated heterocycles. The Morgan fingerprint density at radius 2 is 1.86 bits per heavy atom. The quantitative estimate of drug-likeness (QED) is 0.833. The number of halogens is 1. The third-order valence-corrected chi connectivity index (χ3v) is 6.05. The largest absolute Gasteiger partial charge is 0.348 e. The fourth-order valence-corrected chi connectivity index (χ4v) is 4.84. The summed E-state index contributed by atoms with van der Waals surface area (Å²) < 4.78 is 1.19. The number of rotatable bonds is 2. The summed E-state index contributed by atoms with van der Waals surface area (Å²) in [6.45, 7) is 4.89. The Morgan fingerprint density at radius 1 is 1.10 bits per heavy atom. The van der Waals surface area contributed by atoms with Crippen LogP contribution >= 0.6 is 22.9 Å². The summed E-state index contributed by atoms with van der Waals surface area (Å²) in [6, 6.07) is 6.77. The minimum atomic E-state index is 0.797. The molecule has 1 aromatic carbocycles. The lowest BCUT2D eigenvalue weighted by molar-refractivity contribution is 0.208. The van der Waals surface area contributed by atoms with Crippen LogP contribution in [0.2, 0.25) is 5.02 Å². The van der Waals surface area contributed by atoms with Gasteiger partial charge in [-0.25, -0.2) is 4.98 Å². The molecule has 112 valence electrons. The Hall–Kier alpha value is -0.840. The fraction of sp³-hybridized carbons (Fsp3) is 0.562. The van der Waals surface area contributed by atoms with E-state index in [1.54, 1.807) is 11.3 Å². The van der Waals surface area contributed by atoms with Crippen LogP contribution in [-0.2, 0) is 0 Å². The number of piperidine rings is 1. The Bertz CT molecular complexity index is 627. The molecule has 0 radical (unpaired) electrons. The van der Waals surface area contributed by atoms with Crippen molar-refractivity contribution in [3.8, 4) is 0 Å². The number of aromatic nitrogens is 1. The number of benzene rings is 1. The highest BCUT2D eigenvalue weighted by Gasteiger charge is 2.27. The van der Waals surface area contributed by atoms with Gasteiger partial charge in [0.2, 0.25) is 0 Å². The van der Waals surface area contributed by atoms with E-state index in [1.165, 1.54) is 43.5 Å². The second kappa shape index (κ2) is 5.75. The average molecular weight is 322 g/mol. The molecule has 2 aromatic rings. The first kappa shape index (κ1) is 13.8. The van der Waals surface area contributed by atoms with Crippen LogP contribution in [-0.4, -0.2) is 42.1 Å². The van der Waals surface area contributed by atoms with Gasteiger partial charge in [-0.15, -0.1) is 0 Å². The van der Waals surface area contributed by atoms with Gasteiger partial charge in [-0.1, -0.05) is 22.9 Å². The predicted molar refractivity (Wildman–Crippen MR) is 90.7 cm³/mol. The molecule has 0 bridgehead atoms. The van der Waals surface area contributed by atoms with Gasteiger partial charge in [0, 0.05) is 24.2 Å². The van der Waals surface area contributed by atoms with E-state index in [1.807, 2.05) is 18.2 Å². The van der Waals surface area contributed by atoms with E-state index in [2.05, 4.69) is 9.80 Å². The lowest BCUT2D eigenvalue weighted by Gasteiger charge is -2.36. The monoisotopic (exact) mass is 321 g/mol. The Kier molecular flexibility index (Phi) is 3.78. The van der Waals surface area contributed by atoms with Crippen molar-refractivity contribution < 1.29 is 0 Å². The van der Waals surface area contributed by atoms with Gasteiger partial charge in [0.25, 0.3) is 0 Å². The smallest absolute Gasteiger partial charge is 0.186 e. The molecule has 2 fully saturated rings. The molecule has 0 unspecified atom stereocenters. The molecule has 0 atom stereocenters. The van der Waals surface area contributed by atoms with Crippen LogP contribution in [0.15, 0.2) is 18.2 Å². The summed E-state index contributed by atoms with van der Waals surface area (Å²) in [4.78, 5) is 9.91. The Balaban J connectivity index is 1.46. The third kappa shape index (κ3) is 2.77. The predicted octanol–water partition coefficient (Wildman–Crippen LogP) is 4.01. The number of fused-ring (bicyclic) bond motifs is 1. The molecule has 0 saturated carbocycles. The fourth-order valence-electron chi connectivity index (χ4n) is 3.55. The minimum Gasteiger partial charge on any atom is -0.348 e. The zero-order valence-corrected chi connectivity index (χ0v) is 13.7. The average Bonchev–Trinajstić information content (AvgIpc) is 3.16.